The molecule has 8 heteroatoms. The number of benzene rings is 6. The largest absolute Gasteiger partial charge is 0.478 e. The number of hydrogen-bond donors (Lipinski definition) is 4. The lowest BCUT2D eigenvalue weighted by Crippen LogP contribution is -2.14. The van der Waals surface area contributed by atoms with Crippen molar-refractivity contribution in [1.29, 1.82) is 0 Å². The van der Waals surface area contributed by atoms with Gasteiger partial charge in [0.1, 0.15) is 0 Å². The molecular formula is C42H32O8. The quantitative estimate of drug-likeness (QED) is 0.114. The van der Waals surface area contributed by atoms with E-state index < -0.39 is 23.9 Å². The Bertz CT molecular complexity index is 2140. The summed E-state index contributed by atoms with van der Waals surface area (Å²) in [6.45, 7) is 0. The van der Waals surface area contributed by atoms with Crippen molar-refractivity contribution in [3.8, 4) is 22.3 Å². The standard InChI is InChI=1S/C22H18O4.C20H14O4/c23-21(24)18-12-11-17(13-15-7-3-1-4-8-15)19(20(18)22(25)26)14-16-9-5-2-6-10-16;21-19(22)16-12-11-15(13-7-3-1-4-8-13)17(18(16)20(23)24)14-9-5-2-6-10-14/h1-12H,13-14H2,(H,23,24)(H,25,26);1-12H,(H,21,22)(H,23,24). The Morgan fingerprint density at radius 1 is 0.400 bits per heavy atom. The van der Waals surface area contributed by atoms with Crippen LogP contribution in [0.4, 0.5) is 0 Å². The molecule has 0 aliphatic heterocycles. The molecule has 0 fully saturated rings. The van der Waals surface area contributed by atoms with Gasteiger partial charge in [-0.1, -0.05) is 133 Å². The maximum atomic E-state index is 11.9. The van der Waals surface area contributed by atoms with Crippen molar-refractivity contribution >= 4 is 23.9 Å². The first-order valence-corrected chi connectivity index (χ1v) is 15.6. The summed E-state index contributed by atoms with van der Waals surface area (Å²) in [7, 11) is 0. The average molecular weight is 665 g/mol. The molecule has 0 aromatic heterocycles. The van der Waals surface area contributed by atoms with E-state index in [2.05, 4.69) is 0 Å². The van der Waals surface area contributed by atoms with Crippen LogP contribution in [-0.4, -0.2) is 44.3 Å². The van der Waals surface area contributed by atoms with E-state index >= 15 is 0 Å². The van der Waals surface area contributed by atoms with E-state index in [4.69, 9.17) is 0 Å². The molecule has 6 rings (SSSR count). The lowest BCUT2D eigenvalue weighted by Gasteiger charge is -2.15. The van der Waals surface area contributed by atoms with Gasteiger partial charge < -0.3 is 20.4 Å². The van der Waals surface area contributed by atoms with Gasteiger partial charge in [0.25, 0.3) is 0 Å². The van der Waals surface area contributed by atoms with Crippen LogP contribution in [0.25, 0.3) is 22.3 Å². The Labute approximate surface area is 288 Å². The smallest absolute Gasteiger partial charge is 0.337 e. The Morgan fingerprint density at radius 3 is 1.30 bits per heavy atom. The second kappa shape index (κ2) is 15.9. The first-order valence-electron chi connectivity index (χ1n) is 15.6. The number of carboxylic acid groups (broad SMARTS) is 4. The van der Waals surface area contributed by atoms with Gasteiger partial charge in [0.05, 0.1) is 22.3 Å². The van der Waals surface area contributed by atoms with Crippen molar-refractivity contribution in [3.05, 3.63) is 190 Å². The van der Waals surface area contributed by atoms with Crippen molar-refractivity contribution in [3.63, 3.8) is 0 Å². The van der Waals surface area contributed by atoms with E-state index in [0.717, 1.165) is 22.3 Å². The van der Waals surface area contributed by atoms with E-state index in [1.807, 2.05) is 97.1 Å². The minimum atomic E-state index is -1.26. The summed E-state index contributed by atoms with van der Waals surface area (Å²) < 4.78 is 0. The number of carbonyl (C=O) groups is 4. The fraction of sp³-hybridized carbons (Fsp3) is 0.0476. The molecule has 0 aliphatic carbocycles. The van der Waals surface area contributed by atoms with Gasteiger partial charge in [-0.25, -0.2) is 19.2 Å². The van der Waals surface area contributed by atoms with E-state index in [1.54, 1.807) is 36.4 Å². The Hall–Kier alpha value is -6.80. The minimum absolute atomic E-state index is 0.130. The molecule has 248 valence electrons. The van der Waals surface area contributed by atoms with Gasteiger partial charge in [-0.3, -0.25) is 0 Å². The van der Waals surface area contributed by atoms with Gasteiger partial charge in [-0.05, 0) is 63.9 Å². The van der Waals surface area contributed by atoms with Crippen molar-refractivity contribution < 1.29 is 39.6 Å². The summed E-state index contributed by atoms with van der Waals surface area (Å²) in [5.74, 6) is -4.97. The Balaban J connectivity index is 0.000000195. The molecule has 6 aromatic carbocycles. The molecule has 0 bridgehead atoms. The van der Waals surface area contributed by atoms with Gasteiger partial charge >= 0.3 is 23.9 Å². The number of carboxylic acids is 4. The molecule has 4 N–H and O–H groups in total. The molecule has 0 saturated heterocycles. The van der Waals surface area contributed by atoms with Gasteiger partial charge in [-0.15, -0.1) is 0 Å². The summed E-state index contributed by atoms with van der Waals surface area (Å²) in [6, 6.07) is 43.6. The van der Waals surface area contributed by atoms with Crippen LogP contribution >= 0.6 is 0 Å². The molecule has 0 spiro atoms. The van der Waals surface area contributed by atoms with Crippen LogP contribution in [0, 0.1) is 0 Å². The van der Waals surface area contributed by atoms with E-state index in [0.29, 0.717) is 35.1 Å². The van der Waals surface area contributed by atoms with E-state index in [-0.39, 0.29) is 22.3 Å². The van der Waals surface area contributed by atoms with Gasteiger partial charge in [0, 0.05) is 5.56 Å². The van der Waals surface area contributed by atoms with Crippen molar-refractivity contribution in [2.45, 2.75) is 12.8 Å². The fourth-order valence-electron chi connectivity index (χ4n) is 5.86. The number of aromatic carboxylic acids is 4. The minimum Gasteiger partial charge on any atom is -0.478 e. The third kappa shape index (κ3) is 8.00. The van der Waals surface area contributed by atoms with Crippen LogP contribution in [0.1, 0.15) is 63.7 Å². The fourth-order valence-corrected chi connectivity index (χ4v) is 5.86. The van der Waals surface area contributed by atoms with Crippen LogP contribution in [0.15, 0.2) is 146 Å². The van der Waals surface area contributed by atoms with Crippen molar-refractivity contribution in [2.24, 2.45) is 0 Å². The third-order valence-corrected chi connectivity index (χ3v) is 8.11. The maximum absolute atomic E-state index is 11.9. The van der Waals surface area contributed by atoms with E-state index in [9.17, 15) is 39.6 Å². The highest BCUT2D eigenvalue weighted by molar-refractivity contribution is 6.09. The molecule has 0 radical (unpaired) electrons. The highest BCUT2D eigenvalue weighted by atomic mass is 16.4. The summed E-state index contributed by atoms with van der Waals surface area (Å²) in [6.07, 6.45) is 0.912. The summed E-state index contributed by atoms with van der Waals surface area (Å²) in [5, 5.41) is 38.2. The van der Waals surface area contributed by atoms with Gasteiger partial charge in [0.2, 0.25) is 0 Å². The lowest BCUT2D eigenvalue weighted by molar-refractivity contribution is 0.0650. The van der Waals surface area contributed by atoms with Crippen LogP contribution in [-0.2, 0) is 12.8 Å². The normalized spacial score (nSPS) is 10.4. The summed E-state index contributed by atoms with van der Waals surface area (Å²) in [4.78, 5) is 46.8. The SMILES string of the molecule is O=C(O)c1ccc(-c2ccccc2)c(-c2ccccc2)c1C(=O)O.O=C(O)c1ccc(Cc2ccccc2)c(Cc2ccccc2)c1C(=O)O. The zero-order valence-electron chi connectivity index (χ0n) is 26.7. The Kier molecular flexibility index (Phi) is 11.0. The van der Waals surface area contributed by atoms with Gasteiger partial charge in [0.15, 0.2) is 0 Å². The number of hydrogen-bond acceptors (Lipinski definition) is 4. The third-order valence-electron chi connectivity index (χ3n) is 8.11. The van der Waals surface area contributed by atoms with E-state index in [1.165, 1.54) is 12.1 Å². The van der Waals surface area contributed by atoms with Crippen molar-refractivity contribution in [2.75, 3.05) is 0 Å². The molecule has 8 nitrogen and oxygen atoms in total. The molecule has 0 amide bonds. The highest BCUT2D eigenvalue weighted by Gasteiger charge is 2.25. The molecule has 6 aromatic rings. The molecule has 0 aliphatic rings. The predicted molar refractivity (Wildman–Crippen MR) is 190 cm³/mol. The van der Waals surface area contributed by atoms with Crippen molar-refractivity contribution in [1.82, 2.24) is 0 Å². The summed E-state index contributed by atoms with van der Waals surface area (Å²) in [5.41, 5.74) is 5.21. The zero-order valence-corrected chi connectivity index (χ0v) is 26.7. The second-order valence-electron chi connectivity index (χ2n) is 11.3. The first kappa shape index (κ1) is 34.5. The molecule has 0 saturated carbocycles. The van der Waals surface area contributed by atoms with Crippen LogP contribution in [0.2, 0.25) is 0 Å². The monoisotopic (exact) mass is 664 g/mol. The molecular weight excluding hydrogens is 632 g/mol. The topological polar surface area (TPSA) is 149 Å². The second-order valence-corrected chi connectivity index (χ2v) is 11.3. The number of rotatable bonds is 10. The van der Waals surface area contributed by atoms with Crippen LogP contribution < -0.4 is 0 Å². The van der Waals surface area contributed by atoms with Gasteiger partial charge in [-0.2, -0.15) is 0 Å². The Morgan fingerprint density at radius 2 is 0.820 bits per heavy atom. The zero-order chi connectivity index (χ0) is 35.6. The lowest BCUT2D eigenvalue weighted by atomic mass is 9.87. The highest BCUT2D eigenvalue weighted by Crippen LogP contribution is 2.37. The first-order chi connectivity index (χ1) is 24.2. The van der Waals surface area contributed by atoms with Crippen LogP contribution in [0.5, 0.6) is 0 Å². The summed E-state index contributed by atoms with van der Waals surface area (Å²) >= 11 is 0. The molecule has 0 heterocycles. The predicted octanol–water partition coefficient (Wildman–Crippen LogP) is 8.68. The molecule has 50 heavy (non-hydrogen) atoms. The van der Waals surface area contributed by atoms with Crippen LogP contribution in [0.3, 0.4) is 0 Å². The maximum Gasteiger partial charge on any atom is 0.337 e. The molecule has 0 unspecified atom stereocenters. The average Bonchev–Trinajstić information content (AvgIpc) is 3.13. The molecule has 0 atom stereocenters.